The van der Waals surface area contributed by atoms with Crippen LogP contribution >= 0.6 is 0 Å². The van der Waals surface area contributed by atoms with Crippen LogP contribution in [0.25, 0.3) is 11.1 Å². The third-order valence-electron chi connectivity index (χ3n) is 6.17. The van der Waals surface area contributed by atoms with Gasteiger partial charge in [-0.15, -0.1) is 0 Å². The molecule has 2 amide bonds. The van der Waals surface area contributed by atoms with Crippen LogP contribution in [0.1, 0.15) is 38.8 Å². The molecule has 41 heavy (non-hydrogen) atoms. The second kappa shape index (κ2) is 13.1. The lowest BCUT2D eigenvalue weighted by atomic mass is 9.97. The summed E-state index contributed by atoms with van der Waals surface area (Å²) in [4.78, 5) is 24.3. The van der Waals surface area contributed by atoms with Crippen molar-refractivity contribution >= 4 is 12.0 Å². The summed E-state index contributed by atoms with van der Waals surface area (Å²) < 4.78 is 40.5. The maximum atomic E-state index is 14.8. The van der Waals surface area contributed by atoms with E-state index < -0.39 is 35.4 Å². The van der Waals surface area contributed by atoms with Crippen LogP contribution in [0.2, 0.25) is 0 Å². The van der Waals surface area contributed by atoms with Gasteiger partial charge in [0.05, 0.1) is 6.04 Å². The average molecular weight is 571 g/mol. The zero-order valence-corrected chi connectivity index (χ0v) is 23.5. The molecule has 4 N–H and O–H groups in total. The molecule has 10 heteroatoms. The number of ether oxygens (including phenoxy) is 2. The molecule has 0 saturated carbocycles. The highest BCUT2D eigenvalue weighted by Crippen LogP contribution is 2.31. The van der Waals surface area contributed by atoms with Gasteiger partial charge in [0.2, 0.25) is 0 Å². The quantitative estimate of drug-likeness (QED) is 0.246. The van der Waals surface area contributed by atoms with Gasteiger partial charge in [-0.3, -0.25) is 4.79 Å². The van der Waals surface area contributed by atoms with E-state index in [1.165, 1.54) is 0 Å². The van der Waals surface area contributed by atoms with Crippen LogP contribution in [0.4, 0.5) is 13.6 Å². The molecule has 3 rings (SSSR count). The van der Waals surface area contributed by atoms with Crippen molar-refractivity contribution in [2.75, 3.05) is 6.54 Å². The van der Waals surface area contributed by atoms with Crippen LogP contribution < -0.4 is 15.4 Å². The van der Waals surface area contributed by atoms with Crippen molar-refractivity contribution in [1.29, 1.82) is 0 Å². The van der Waals surface area contributed by atoms with Gasteiger partial charge < -0.3 is 30.3 Å². The van der Waals surface area contributed by atoms with E-state index >= 15 is 0 Å². The SMILES string of the molecule is CC(NC(=O)OC(C)(C)C)C(O)(O)C(F)(F)C(=O)NCCc1ccccc1-c1cccc(OCc2ccccc2)c1. The summed E-state index contributed by atoms with van der Waals surface area (Å²) in [5.74, 6) is -9.77. The van der Waals surface area contributed by atoms with Crippen LogP contribution in [0, 0.1) is 0 Å². The zero-order valence-electron chi connectivity index (χ0n) is 23.5. The highest BCUT2D eigenvalue weighted by molar-refractivity contribution is 5.85. The summed E-state index contributed by atoms with van der Waals surface area (Å²) >= 11 is 0. The Balaban J connectivity index is 1.63. The van der Waals surface area contributed by atoms with E-state index in [9.17, 15) is 28.6 Å². The predicted molar refractivity (Wildman–Crippen MR) is 150 cm³/mol. The lowest BCUT2D eigenvalue weighted by Gasteiger charge is -2.35. The van der Waals surface area contributed by atoms with E-state index in [1.807, 2.05) is 78.1 Å². The molecular weight excluding hydrogens is 534 g/mol. The maximum Gasteiger partial charge on any atom is 0.408 e. The van der Waals surface area contributed by atoms with Gasteiger partial charge in [-0.05, 0) is 68.5 Å². The topological polar surface area (TPSA) is 117 Å². The Morgan fingerprint density at radius 3 is 2.27 bits per heavy atom. The molecule has 1 unspecified atom stereocenters. The number of nitrogens with one attached hydrogen (secondary N) is 2. The number of alkyl carbamates (subject to hydrolysis) is 1. The summed E-state index contributed by atoms with van der Waals surface area (Å²) in [6.07, 6.45) is -0.956. The van der Waals surface area contributed by atoms with Gasteiger partial charge in [0, 0.05) is 6.54 Å². The minimum absolute atomic E-state index is 0.183. The van der Waals surface area contributed by atoms with Gasteiger partial charge >= 0.3 is 12.0 Å². The van der Waals surface area contributed by atoms with Gasteiger partial charge in [0.15, 0.2) is 0 Å². The highest BCUT2D eigenvalue weighted by Gasteiger charge is 2.61. The number of benzene rings is 3. The zero-order chi connectivity index (χ0) is 30.3. The number of aliphatic hydroxyl groups is 2. The Morgan fingerprint density at radius 1 is 0.927 bits per heavy atom. The predicted octanol–water partition coefficient (Wildman–Crippen LogP) is 4.82. The number of carbonyl (C=O) groups excluding carboxylic acids is 2. The Kier molecular flexibility index (Phi) is 10.1. The summed E-state index contributed by atoms with van der Waals surface area (Å²) in [7, 11) is 0. The molecule has 8 nitrogen and oxygen atoms in total. The second-order valence-corrected chi connectivity index (χ2v) is 10.6. The number of rotatable bonds is 11. The third kappa shape index (κ3) is 8.48. The maximum absolute atomic E-state index is 14.8. The summed E-state index contributed by atoms with van der Waals surface area (Å²) in [6.45, 7) is 5.78. The van der Waals surface area contributed by atoms with E-state index in [2.05, 4.69) is 5.32 Å². The molecule has 0 radical (unpaired) electrons. The Bertz CT molecular complexity index is 1330. The van der Waals surface area contributed by atoms with Crippen LogP contribution in [0.3, 0.4) is 0 Å². The molecule has 0 saturated heterocycles. The van der Waals surface area contributed by atoms with Crippen LogP contribution in [0.5, 0.6) is 5.75 Å². The fraction of sp³-hybridized carbons (Fsp3) is 0.355. The van der Waals surface area contributed by atoms with E-state index in [0.29, 0.717) is 12.4 Å². The van der Waals surface area contributed by atoms with Crippen LogP contribution in [-0.4, -0.2) is 52.1 Å². The molecule has 220 valence electrons. The van der Waals surface area contributed by atoms with Crippen molar-refractivity contribution in [3.63, 3.8) is 0 Å². The van der Waals surface area contributed by atoms with Gasteiger partial charge in [-0.1, -0.05) is 66.7 Å². The molecule has 0 aliphatic heterocycles. The van der Waals surface area contributed by atoms with E-state index in [-0.39, 0.29) is 13.0 Å². The molecule has 0 bridgehead atoms. The fourth-order valence-electron chi connectivity index (χ4n) is 3.96. The van der Waals surface area contributed by atoms with E-state index in [1.54, 1.807) is 26.8 Å². The first-order chi connectivity index (χ1) is 19.2. The van der Waals surface area contributed by atoms with Gasteiger partial charge in [0.25, 0.3) is 11.7 Å². The van der Waals surface area contributed by atoms with E-state index in [4.69, 9.17) is 9.47 Å². The summed E-state index contributed by atoms with van der Waals surface area (Å²) in [5.41, 5.74) is 2.53. The van der Waals surface area contributed by atoms with Crippen LogP contribution in [0.15, 0.2) is 78.9 Å². The molecule has 0 aromatic heterocycles. The molecule has 0 aliphatic carbocycles. The molecule has 0 heterocycles. The van der Waals surface area contributed by atoms with Gasteiger partial charge in [-0.2, -0.15) is 8.78 Å². The first kappa shape index (κ1) is 31.5. The van der Waals surface area contributed by atoms with Crippen LogP contribution in [-0.2, 0) is 22.6 Å². The first-order valence-electron chi connectivity index (χ1n) is 13.2. The van der Waals surface area contributed by atoms with Gasteiger partial charge in [0.1, 0.15) is 18.0 Å². The fourth-order valence-corrected chi connectivity index (χ4v) is 3.96. The molecular formula is C31H36F2N2O6. The average Bonchev–Trinajstić information content (AvgIpc) is 2.91. The molecule has 1 atom stereocenters. The number of halogens is 2. The number of amides is 2. The number of carbonyl (C=O) groups is 2. The Hall–Kier alpha value is -4.02. The molecule has 0 aliphatic rings. The minimum atomic E-state index is -4.65. The Morgan fingerprint density at radius 2 is 1.59 bits per heavy atom. The largest absolute Gasteiger partial charge is 0.489 e. The third-order valence-corrected chi connectivity index (χ3v) is 6.17. The van der Waals surface area contributed by atoms with Gasteiger partial charge in [-0.25, -0.2) is 4.79 Å². The normalized spacial score (nSPS) is 12.8. The van der Waals surface area contributed by atoms with Crippen molar-refractivity contribution in [3.8, 4) is 16.9 Å². The number of alkyl halides is 2. The number of hydrogen-bond donors (Lipinski definition) is 4. The molecule has 0 spiro atoms. The lowest BCUT2D eigenvalue weighted by molar-refractivity contribution is -0.293. The van der Waals surface area contributed by atoms with Crippen molar-refractivity contribution in [1.82, 2.24) is 10.6 Å². The van der Waals surface area contributed by atoms with E-state index in [0.717, 1.165) is 29.2 Å². The highest BCUT2D eigenvalue weighted by atomic mass is 19.3. The first-order valence-corrected chi connectivity index (χ1v) is 13.2. The Labute approximate surface area is 238 Å². The summed E-state index contributed by atoms with van der Waals surface area (Å²) in [6, 6.07) is 22.6. The lowest BCUT2D eigenvalue weighted by Crippen LogP contribution is -2.66. The minimum Gasteiger partial charge on any atom is -0.489 e. The molecule has 3 aromatic carbocycles. The van der Waals surface area contributed by atoms with Crippen molar-refractivity contribution in [2.45, 2.75) is 64.1 Å². The smallest absolute Gasteiger partial charge is 0.408 e. The van der Waals surface area contributed by atoms with Crippen molar-refractivity contribution in [2.24, 2.45) is 0 Å². The molecule has 3 aromatic rings. The molecule has 0 fully saturated rings. The van der Waals surface area contributed by atoms with Crippen molar-refractivity contribution in [3.05, 3.63) is 90.0 Å². The monoisotopic (exact) mass is 570 g/mol. The standard InChI is InChI=1S/C31H36F2N2O6/c1-21(35-28(37)41-29(2,3)4)31(38,39)30(32,33)27(36)34-18-17-23-13-8-9-16-26(23)24-14-10-15-25(19-24)40-20-22-11-6-5-7-12-22/h5-16,19,21,38-39H,17-18,20H2,1-4H3,(H,34,36)(H,35,37). The van der Waals surface area contributed by atoms with Crippen molar-refractivity contribution < 1.29 is 38.1 Å². The summed E-state index contributed by atoms with van der Waals surface area (Å²) in [5, 5.41) is 24.3. The number of hydrogen-bond acceptors (Lipinski definition) is 6. The second-order valence-electron chi connectivity index (χ2n) is 10.6.